The number of ether oxygens (including phenoxy) is 1. The molecule has 1 aromatic rings. The molecule has 0 radical (unpaired) electrons. The highest BCUT2D eigenvalue weighted by Crippen LogP contribution is 2.14. The first-order chi connectivity index (χ1) is 7.76. The minimum Gasteiger partial charge on any atom is -0.382 e. The van der Waals surface area contributed by atoms with Gasteiger partial charge in [0.25, 0.3) is 0 Å². The van der Waals surface area contributed by atoms with E-state index in [1.54, 1.807) is 7.11 Å². The highest BCUT2D eigenvalue weighted by Gasteiger charge is 2.11. The molecular weight excluding hydrogens is 218 g/mol. The molecule has 0 aliphatic heterocycles. The molecule has 16 heavy (non-hydrogen) atoms. The molecule has 0 amide bonds. The van der Waals surface area contributed by atoms with Crippen LogP contribution >= 0.6 is 11.3 Å². The van der Waals surface area contributed by atoms with Crippen molar-refractivity contribution in [2.45, 2.75) is 45.3 Å². The zero-order valence-corrected chi connectivity index (χ0v) is 11.3. The van der Waals surface area contributed by atoms with Crippen molar-refractivity contribution >= 4 is 11.3 Å². The van der Waals surface area contributed by atoms with Crippen molar-refractivity contribution in [3.05, 3.63) is 22.4 Å². The third-order valence-corrected chi connectivity index (χ3v) is 3.77. The number of hydrogen-bond acceptors (Lipinski definition) is 3. The summed E-state index contributed by atoms with van der Waals surface area (Å²) in [6.45, 7) is 5.33. The minimum atomic E-state index is 0.340. The summed E-state index contributed by atoms with van der Waals surface area (Å²) in [5, 5.41) is 5.68. The highest BCUT2D eigenvalue weighted by molar-refractivity contribution is 7.09. The molecule has 2 atom stereocenters. The summed E-state index contributed by atoms with van der Waals surface area (Å²) < 4.78 is 5.33. The van der Waals surface area contributed by atoms with Crippen molar-refractivity contribution in [3.8, 4) is 0 Å². The van der Waals surface area contributed by atoms with E-state index in [9.17, 15) is 0 Å². The van der Waals surface area contributed by atoms with Gasteiger partial charge in [0.2, 0.25) is 0 Å². The molecule has 0 spiro atoms. The lowest BCUT2D eigenvalue weighted by Gasteiger charge is -2.20. The topological polar surface area (TPSA) is 21.3 Å². The maximum Gasteiger partial charge on any atom is 0.0558 e. The second-order valence-electron chi connectivity index (χ2n) is 4.15. The first-order valence-corrected chi connectivity index (χ1v) is 6.92. The molecule has 0 bridgehead atoms. The van der Waals surface area contributed by atoms with Crippen LogP contribution in [0.5, 0.6) is 0 Å². The van der Waals surface area contributed by atoms with Crippen LogP contribution < -0.4 is 5.32 Å². The van der Waals surface area contributed by atoms with Gasteiger partial charge in [-0.15, -0.1) is 11.3 Å². The first kappa shape index (κ1) is 13.7. The van der Waals surface area contributed by atoms with Crippen LogP contribution in [0.4, 0.5) is 0 Å². The predicted octanol–water partition coefficient (Wildman–Crippen LogP) is 3.08. The lowest BCUT2D eigenvalue weighted by molar-refractivity contribution is 0.0995. The fraction of sp³-hybridized carbons (Fsp3) is 0.692. The molecule has 1 N–H and O–H groups in total. The Morgan fingerprint density at radius 2 is 2.31 bits per heavy atom. The smallest absolute Gasteiger partial charge is 0.0558 e. The maximum atomic E-state index is 5.33. The van der Waals surface area contributed by atoms with E-state index >= 15 is 0 Å². The van der Waals surface area contributed by atoms with Gasteiger partial charge in [-0.2, -0.15) is 0 Å². The lowest BCUT2D eigenvalue weighted by atomic mass is 10.0. The fourth-order valence-electron chi connectivity index (χ4n) is 1.86. The summed E-state index contributed by atoms with van der Waals surface area (Å²) in [7, 11) is 1.78. The Balaban J connectivity index is 2.32. The zero-order valence-electron chi connectivity index (χ0n) is 10.5. The van der Waals surface area contributed by atoms with Crippen molar-refractivity contribution in [2.24, 2.45) is 0 Å². The lowest BCUT2D eigenvalue weighted by Crippen LogP contribution is -2.32. The average molecular weight is 241 g/mol. The average Bonchev–Trinajstić information content (AvgIpc) is 2.79. The van der Waals surface area contributed by atoms with Crippen molar-refractivity contribution < 1.29 is 4.74 Å². The van der Waals surface area contributed by atoms with Gasteiger partial charge in [0.1, 0.15) is 0 Å². The Hall–Kier alpha value is -0.380. The molecule has 2 unspecified atom stereocenters. The van der Waals surface area contributed by atoms with Crippen LogP contribution in [-0.2, 0) is 11.2 Å². The second-order valence-corrected chi connectivity index (χ2v) is 5.19. The van der Waals surface area contributed by atoms with Gasteiger partial charge in [-0.3, -0.25) is 0 Å². The maximum absolute atomic E-state index is 5.33. The summed E-state index contributed by atoms with van der Waals surface area (Å²) in [6, 6.07) is 4.91. The number of hydrogen-bond donors (Lipinski definition) is 1. The predicted molar refractivity (Wildman–Crippen MR) is 71.2 cm³/mol. The first-order valence-electron chi connectivity index (χ1n) is 6.04. The van der Waals surface area contributed by atoms with E-state index in [0.717, 1.165) is 13.0 Å². The molecular formula is C13H23NOS. The Kier molecular flexibility index (Phi) is 6.69. The van der Waals surface area contributed by atoms with Gasteiger partial charge < -0.3 is 10.1 Å². The Morgan fingerprint density at radius 3 is 2.88 bits per heavy atom. The molecule has 2 nitrogen and oxygen atoms in total. The van der Waals surface area contributed by atoms with Gasteiger partial charge >= 0.3 is 0 Å². The van der Waals surface area contributed by atoms with Crippen LogP contribution in [0.2, 0.25) is 0 Å². The minimum absolute atomic E-state index is 0.340. The van der Waals surface area contributed by atoms with Crippen molar-refractivity contribution in [1.82, 2.24) is 5.32 Å². The number of rotatable bonds is 8. The molecule has 0 aromatic carbocycles. The summed E-state index contributed by atoms with van der Waals surface area (Å²) in [5.41, 5.74) is 0. The largest absolute Gasteiger partial charge is 0.382 e. The van der Waals surface area contributed by atoms with E-state index in [1.807, 2.05) is 11.3 Å². The zero-order chi connectivity index (χ0) is 11.8. The molecule has 0 saturated heterocycles. The number of thiophene rings is 1. The van der Waals surface area contributed by atoms with Crippen molar-refractivity contribution in [3.63, 3.8) is 0 Å². The summed E-state index contributed by atoms with van der Waals surface area (Å²) in [6.07, 6.45) is 3.80. The van der Waals surface area contributed by atoms with Crippen LogP contribution in [0, 0.1) is 0 Å². The van der Waals surface area contributed by atoms with Gasteiger partial charge in [-0.05, 0) is 44.2 Å². The molecule has 1 rings (SSSR count). The molecule has 3 heteroatoms. The monoisotopic (exact) mass is 241 g/mol. The highest BCUT2D eigenvalue weighted by atomic mass is 32.1. The third kappa shape index (κ3) is 5.10. The van der Waals surface area contributed by atoms with Crippen molar-refractivity contribution in [2.75, 3.05) is 13.7 Å². The molecule has 0 aliphatic rings. The number of nitrogens with one attached hydrogen (secondary N) is 1. The molecule has 0 fully saturated rings. The SMILES string of the molecule is CCNC(CCc1cccs1)CC(C)OC. The second kappa shape index (κ2) is 7.82. The van der Waals surface area contributed by atoms with E-state index in [-0.39, 0.29) is 0 Å². The Labute approximate surface area is 103 Å². The summed E-state index contributed by atoms with van der Waals surface area (Å²) in [4.78, 5) is 1.48. The van der Waals surface area contributed by atoms with Gasteiger partial charge in [-0.1, -0.05) is 13.0 Å². The van der Waals surface area contributed by atoms with Gasteiger partial charge in [-0.25, -0.2) is 0 Å². The van der Waals surface area contributed by atoms with E-state index in [2.05, 4.69) is 36.7 Å². The van der Waals surface area contributed by atoms with Crippen LogP contribution in [0.15, 0.2) is 17.5 Å². The van der Waals surface area contributed by atoms with E-state index in [4.69, 9.17) is 4.74 Å². The third-order valence-electron chi connectivity index (χ3n) is 2.83. The Morgan fingerprint density at radius 1 is 1.50 bits per heavy atom. The van der Waals surface area contributed by atoms with Gasteiger partial charge in [0.05, 0.1) is 6.10 Å². The fourth-order valence-corrected chi connectivity index (χ4v) is 2.58. The molecule has 1 aromatic heterocycles. The quantitative estimate of drug-likeness (QED) is 0.755. The molecule has 92 valence electrons. The van der Waals surface area contributed by atoms with E-state index < -0.39 is 0 Å². The molecule has 0 aliphatic carbocycles. The summed E-state index contributed by atoms with van der Waals surface area (Å²) >= 11 is 1.85. The van der Waals surface area contributed by atoms with Crippen LogP contribution in [-0.4, -0.2) is 25.8 Å². The van der Waals surface area contributed by atoms with Gasteiger partial charge in [0, 0.05) is 18.0 Å². The van der Waals surface area contributed by atoms with E-state index in [0.29, 0.717) is 12.1 Å². The Bertz CT molecular complexity index is 261. The standard InChI is InChI=1S/C13H23NOS/c1-4-14-12(10-11(2)15-3)7-8-13-6-5-9-16-13/h5-6,9,11-12,14H,4,7-8,10H2,1-3H3. The van der Waals surface area contributed by atoms with Crippen LogP contribution in [0.3, 0.4) is 0 Å². The van der Waals surface area contributed by atoms with Gasteiger partial charge in [0.15, 0.2) is 0 Å². The number of aryl methyl sites for hydroxylation is 1. The van der Waals surface area contributed by atoms with Crippen molar-refractivity contribution in [1.29, 1.82) is 0 Å². The summed E-state index contributed by atoms with van der Waals surface area (Å²) in [5.74, 6) is 0. The molecule has 1 heterocycles. The normalized spacial score (nSPS) is 14.9. The molecule has 0 saturated carbocycles. The van der Waals surface area contributed by atoms with Crippen LogP contribution in [0.25, 0.3) is 0 Å². The van der Waals surface area contributed by atoms with Crippen LogP contribution in [0.1, 0.15) is 31.6 Å². The van der Waals surface area contributed by atoms with E-state index in [1.165, 1.54) is 17.7 Å². The number of methoxy groups -OCH3 is 1.